The molecular weight excluding hydrogens is 364 g/mol. The Balaban J connectivity index is 1.72. The molecule has 2 aromatic carbocycles. The smallest absolute Gasteiger partial charge is 0.339 e. The van der Waals surface area contributed by atoms with Gasteiger partial charge in [-0.25, -0.2) is 4.79 Å². The van der Waals surface area contributed by atoms with Crippen LogP contribution in [-0.2, 0) is 10.2 Å². The Bertz CT molecular complexity index is 877. The van der Waals surface area contributed by atoms with Crippen molar-refractivity contribution < 1.29 is 19.8 Å². The number of hydrogen-bond acceptors (Lipinski definition) is 4. The number of carboxylic acid groups (broad SMARTS) is 1. The van der Waals surface area contributed by atoms with Gasteiger partial charge in [0.2, 0.25) is 5.91 Å². The molecule has 27 heavy (non-hydrogen) atoms. The summed E-state index contributed by atoms with van der Waals surface area (Å²) in [6.07, 6.45) is 3.49. The molecule has 7 heteroatoms. The highest BCUT2D eigenvalue weighted by atomic mass is 32.1. The summed E-state index contributed by atoms with van der Waals surface area (Å²) in [4.78, 5) is 24.0. The Morgan fingerprint density at radius 3 is 2.30 bits per heavy atom. The third-order valence-electron chi connectivity index (χ3n) is 4.93. The number of benzene rings is 2. The van der Waals surface area contributed by atoms with Gasteiger partial charge in [0.1, 0.15) is 11.3 Å². The van der Waals surface area contributed by atoms with Gasteiger partial charge in [-0.05, 0) is 42.8 Å². The summed E-state index contributed by atoms with van der Waals surface area (Å²) in [5.74, 6) is -1.76. The summed E-state index contributed by atoms with van der Waals surface area (Å²) < 4.78 is 0. The maximum absolute atomic E-state index is 13.0. The molecule has 1 aliphatic rings. The van der Waals surface area contributed by atoms with E-state index in [0.29, 0.717) is 5.69 Å². The zero-order valence-corrected chi connectivity index (χ0v) is 15.4. The maximum atomic E-state index is 13.0. The zero-order chi connectivity index (χ0) is 19.4. The van der Waals surface area contributed by atoms with Gasteiger partial charge in [0.05, 0.1) is 5.41 Å². The minimum Gasteiger partial charge on any atom is -0.507 e. The van der Waals surface area contributed by atoms with Crippen LogP contribution in [0.1, 0.15) is 41.6 Å². The van der Waals surface area contributed by atoms with Crippen molar-refractivity contribution in [3.63, 3.8) is 0 Å². The molecule has 1 fully saturated rings. The van der Waals surface area contributed by atoms with Gasteiger partial charge in [0.15, 0.2) is 5.11 Å². The standard InChI is InChI=1S/C20H20N2O4S/c23-16-12-14(8-9-15(16)17(24)25)21-19(27)22-18(26)20(10-4-5-11-20)13-6-2-1-3-7-13/h1-3,6-9,12,23H,4-5,10-11H2,(H,24,25)(H2,21,22,26,27). The van der Waals surface area contributed by atoms with E-state index in [-0.39, 0.29) is 22.3 Å². The number of amides is 1. The summed E-state index contributed by atoms with van der Waals surface area (Å²) in [5, 5.41) is 24.4. The molecule has 0 atom stereocenters. The van der Waals surface area contributed by atoms with Crippen LogP contribution in [0.15, 0.2) is 48.5 Å². The van der Waals surface area contributed by atoms with Gasteiger partial charge in [-0.2, -0.15) is 0 Å². The largest absolute Gasteiger partial charge is 0.507 e. The second kappa shape index (κ2) is 7.75. The second-order valence-electron chi connectivity index (χ2n) is 6.60. The first kappa shape index (κ1) is 18.8. The first-order chi connectivity index (χ1) is 12.9. The number of anilines is 1. The van der Waals surface area contributed by atoms with Crippen LogP contribution in [0, 0.1) is 0 Å². The Kier molecular flexibility index (Phi) is 5.41. The lowest BCUT2D eigenvalue weighted by atomic mass is 9.78. The molecule has 1 aliphatic carbocycles. The molecule has 4 N–H and O–H groups in total. The van der Waals surface area contributed by atoms with E-state index >= 15 is 0 Å². The van der Waals surface area contributed by atoms with Crippen LogP contribution in [0.5, 0.6) is 5.75 Å². The fourth-order valence-electron chi connectivity index (χ4n) is 3.56. The van der Waals surface area contributed by atoms with E-state index in [2.05, 4.69) is 10.6 Å². The lowest BCUT2D eigenvalue weighted by Gasteiger charge is -2.28. The number of rotatable bonds is 4. The molecule has 0 aliphatic heterocycles. The molecule has 6 nitrogen and oxygen atoms in total. The number of aromatic carboxylic acids is 1. The van der Waals surface area contributed by atoms with Gasteiger partial charge < -0.3 is 20.8 Å². The molecule has 3 rings (SSSR count). The Morgan fingerprint density at radius 2 is 1.70 bits per heavy atom. The van der Waals surface area contributed by atoms with Crippen LogP contribution in [-0.4, -0.2) is 27.2 Å². The highest BCUT2D eigenvalue weighted by Crippen LogP contribution is 2.41. The van der Waals surface area contributed by atoms with E-state index in [1.54, 1.807) is 0 Å². The van der Waals surface area contributed by atoms with Crippen molar-refractivity contribution in [3.8, 4) is 5.75 Å². The summed E-state index contributed by atoms with van der Waals surface area (Å²) in [6, 6.07) is 13.7. The SMILES string of the molecule is O=C(O)c1ccc(NC(=S)NC(=O)C2(c3ccccc3)CCCC2)cc1O. The average Bonchev–Trinajstić information content (AvgIpc) is 3.13. The maximum Gasteiger partial charge on any atom is 0.339 e. The van der Waals surface area contributed by atoms with Gasteiger partial charge >= 0.3 is 5.97 Å². The monoisotopic (exact) mass is 384 g/mol. The van der Waals surface area contributed by atoms with Crippen LogP contribution in [0.2, 0.25) is 0 Å². The molecule has 0 bridgehead atoms. The topological polar surface area (TPSA) is 98.7 Å². The van der Waals surface area contributed by atoms with Crippen molar-refractivity contribution in [2.75, 3.05) is 5.32 Å². The van der Waals surface area contributed by atoms with Crippen LogP contribution in [0.4, 0.5) is 5.69 Å². The van der Waals surface area contributed by atoms with Crippen molar-refractivity contribution in [3.05, 3.63) is 59.7 Å². The number of aromatic hydroxyl groups is 1. The van der Waals surface area contributed by atoms with Gasteiger partial charge in [-0.3, -0.25) is 4.79 Å². The molecular formula is C20H20N2O4S. The quantitative estimate of drug-likeness (QED) is 0.603. The normalized spacial score (nSPS) is 15.1. The highest BCUT2D eigenvalue weighted by Gasteiger charge is 2.42. The number of carbonyl (C=O) groups is 2. The van der Waals surface area contributed by atoms with Crippen molar-refractivity contribution in [1.29, 1.82) is 0 Å². The zero-order valence-electron chi connectivity index (χ0n) is 14.6. The van der Waals surface area contributed by atoms with Gasteiger partial charge in [-0.15, -0.1) is 0 Å². The molecule has 0 unspecified atom stereocenters. The third-order valence-corrected chi connectivity index (χ3v) is 5.14. The molecule has 0 spiro atoms. The lowest BCUT2D eigenvalue weighted by Crippen LogP contribution is -2.46. The molecule has 1 saturated carbocycles. The van der Waals surface area contributed by atoms with Gasteiger partial charge in [0.25, 0.3) is 0 Å². The summed E-state index contributed by atoms with van der Waals surface area (Å²) in [7, 11) is 0. The Labute approximate surface area is 162 Å². The number of thiocarbonyl (C=S) groups is 1. The van der Waals surface area contributed by atoms with Crippen LogP contribution in [0.25, 0.3) is 0 Å². The fourth-order valence-corrected chi connectivity index (χ4v) is 3.77. The van der Waals surface area contributed by atoms with Crippen molar-refractivity contribution in [2.24, 2.45) is 0 Å². The lowest BCUT2D eigenvalue weighted by molar-refractivity contribution is -0.125. The van der Waals surface area contributed by atoms with Crippen molar-refractivity contribution in [1.82, 2.24) is 5.32 Å². The molecule has 140 valence electrons. The van der Waals surface area contributed by atoms with E-state index in [1.807, 2.05) is 30.3 Å². The Hall–Kier alpha value is -2.93. The van der Waals surface area contributed by atoms with E-state index in [9.17, 15) is 14.7 Å². The number of nitrogens with one attached hydrogen (secondary N) is 2. The molecule has 2 aromatic rings. The number of carboxylic acids is 1. The third kappa shape index (κ3) is 3.93. The molecule has 0 heterocycles. The first-order valence-corrected chi connectivity index (χ1v) is 9.07. The molecule has 0 saturated heterocycles. The number of phenols is 1. The van der Waals surface area contributed by atoms with Crippen molar-refractivity contribution >= 4 is 34.9 Å². The minimum absolute atomic E-state index is 0.102. The molecule has 1 amide bonds. The second-order valence-corrected chi connectivity index (χ2v) is 7.01. The number of hydrogen-bond donors (Lipinski definition) is 4. The summed E-state index contributed by atoms with van der Waals surface area (Å²) >= 11 is 5.23. The van der Waals surface area contributed by atoms with E-state index < -0.39 is 11.4 Å². The van der Waals surface area contributed by atoms with E-state index in [4.69, 9.17) is 17.3 Å². The minimum atomic E-state index is -1.22. The summed E-state index contributed by atoms with van der Waals surface area (Å²) in [6.45, 7) is 0. The number of carbonyl (C=O) groups excluding carboxylic acids is 1. The fraction of sp³-hybridized carbons (Fsp3) is 0.250. The van der Waals surface area contributed by atoms with E-state index in [1.165, 1.54) is 18.2 Å². The Morgan fingerprint density at radius 1 is 1.04 bits per heavy atom. The predicted molar refractivity (Wildman–Crippen MR) is 106 cm³/mol. The van der Waals surface area contributed by atoms with Crippen molar-refractivity contribution in [2.45, 2.75) is 31.1 Å². The van der Waals surface area contributed by atoms with Crippen LogP contribution in [0.3, 0.4) is 0 Å². The average molecular weight is 384 g/mol. The highest BCUT2D eigenvalue weighted by molar-refractivity contribution is 7.80. The molecule has 0 aromatic heterocycles. The van der Waals surface area contributed by atoms with Gasteiger partial charge in [-0.1, -0.05) is 43.2 Å². The molecule has 0 radical (unpaired) electrons. The van der Waals surface area contributed by atoms with E-state index in [0.717, 1.165) is 31.2 Å². The van der Waals surface area contributed by atoms with Crippen LogP contribution < -0.4 is 10.6 Å². The van der Waals surface area contributed by atoms with Gasteiger partial charge in [0, 0.05) is 11.8 Å². The van der Waals surface area contributed by atoms with Crippen LogP contribution >= 0.6 is 12.2 Å². The summed E-state index contributed by atoms with van der Waals surface area (Å²) in [5.41, 5.74) is 0.571. The predicted octanol–water partition coefficient (Wildman–Crippen LogP) is 3.42. The first-order valence-electron chi connectivity index (χ1n) is 8.67.